The van der Waals surface area contributed by atoms with Crippen molar-refractivity contribution in [3.05, 3.63) is 63.9 Å². The highest BCUT2D eigenvalue weighted by atomic mass is 35.5. The lowest BCUT2D eigenvalue weighted by Crippen LogP contribution is -2.01. The van der Waals surface area contributed by atoms with Crippen molar-refractivity contribution in [3.63, 3.8) is 0 Å². The second-order valence-electron chi connectivity index (χ2n) is 4.42. The maximum absolute atomic E-state index is 13.0. The van der Waals surface area contributed by atoms with Gasteiger partial charge in [0.15, 0.2) is 0 Å². The minimum Gasteiger partial charge on any atom is -0.381 e. The quantitative estimate of drug-likeness (QED) is 0.846. The predicted molar refractivity (Wildman–Crippen MR) is 74.7 cm³/mol. The molecule has 2 aromatic rings. The van der Waals surface area contributed by atoms with Crippen molar-refractivity contribution in [2.24, 2.45) is 0 Å². The van der Waals surface area contributed by atoms with E-state index < -0.39 is 0 Å². The van der Waals surface area contributed by atoms with Crippen molar-refractivity contribution in [3.8, 4) is 0 Å². The Kier molecular flexibility index (Phi) is 3.87. The maximum atomic E-state index is 13.0. The van der Waals surface area contributed by atoms with E-state index >= 15 is 0 Å². The molecule has 18 heavy (non-hydrogen) atoms. The molecule has 0 saturated heterocycles. The summed E-state index contributed by atoms with van der Waals surface area (Å²) in [7, 11) is 0. The second kappa shape index (κ2) is 5.40. The van der Waals surface area contributed by atoms with E-state index in [0.29, 0.717) is 6.54 Å². The van der Waals surface area contributed by atoms with E-state index in [1.54, 1.807) is 12.1 Å². The number of halogens is 2. The molecule has 1 N–H and O–H groups in total. The Morgan fingerprint density at radius 1 is 1.11 bits per heavy atom. The summed E-state index contributed by atoms with van der Waals surface area (Å²) < 4.78 is 13.0. The van der Waals surface area contributed by atoms with Gasteiger partial charge in [-0.25, -0.2) is 4.39 Å². The average Bonchev–Trinajstić information content (AvgIpc) is 2.34. The molecule has 0 radical (unpaired) electrons. The number of hydrogen-bond acceptors (Lipinski definition) is 1. The third-order valence-corrected chi connectivity index (χ3v) is 3.15. The smallest absolute Gasteiger partial charge is 0.141 e. The molecule has 0 aliphatic rings. The lowest BCUT2D eigenvalue weighted by molar-refractivity contribution is 0.627. The van der Waals surface area contributed by atoms with Crippen molar-refractivity contribution in [2.45, 2.75) is 20.4 Å². The fourth-order valence-corrected chi connectivity index (χ4v) is 1.98. The molecule has 0 unspecified atom stereocenters. The number of hydrogen-bond donors (Lipinski definition) is 1. The van der Waals surface area contributed by atoms with Crippen LogP contribution in [0.3, 0.4) is 0 Å². The van der Waals surface area contributed by atoms with E-state index in [0.717, 1.165) is 11.3 Å². The van der Waals surface area contributed by atoms with Gasteiger partial charge < -0.3 is 5.32 Å². The molecule has 0 aliphatic carbocycles. The first kappa shape index (κ1) is 12.9. The molecule has 0 aliphatic heterocycles. The van der Waals surface area contributed by atoms with Gasteiger partial charge in [-0.05, 0) is 48.7 Å². The third-order valence-electron chi connectivity index (χ3n) is 2.86. The molecule has 2 aromatic carbocycles. The van der Waals surface area contributed by atoms with Crippen LogP contribution in [0, 0.1) is 19.7 Å². The number of aryl methyl sites for hydroxylation is 2. The molecule has 1 nitrogen and oxygen atoms in total. The normalized spacial score (nSPS) is 10.4. The van der Waals surface area contributed by atoms with Crippen LogP contribution in [0.5, 0.6) is 0 Å². The maximum Gasteiger partial charge on any atom is 0.141 e. The summed E-state index contributed by atoms with van der Waals surface area (Å²) >= 11 is 5.75. The average molecular weight is 264 g/mol. The molecule has 0 bridgehead atoms. The van der Waals surface area contributed by atoms with E-state index in [-0.39, 0.29) is 10.8 Å². The zero-order chi connectivity index (χ0) is 13.1. The van der Waals surface area contributed by atoms with Crippen LogP contribution in [0.25, 0.3) is 0 Å². The van der Waals surface area contributed by atoms with Crippen LogP contribution in [0.2, 0.25) is 5.02 Å². The zero-order valence-corrected chi connectivity index (χ0v) is 11.2. The van der Waals surface area contributed by atoms with Gasteiger partial charge in [0.25, 0.3) is 0 Å². The number of rotatable bonds is 3. The fraction of sp³-hybridized carbons (Fsp3) is 0.200. The van der Waals surface area contributed by atoms with Crippen molar-refractivity contribution in [2.75, 3.05) is 5.32 Å². The summed E-state index contributed by atoms with van der Waals surface area (Å²) in [5.74, 6) is -0.382. The SMILES string of the molecule is Cc1ccc(C)c(NCc2ccc(F)c(Cl)c2)c1. The Labute approximate surface area is 112 Å². The standard InChI is InChI=1S/C15H15ClFN/c1-10-3-4-11(2)15(7-10)18-9-12-5-6-14(17)13(16)8-12/h3-8,18H,9H2,1-2H3. The lowest BCUT2D eigenvalue weighted by Gasteiger charge is -2.11. The molecule has 0 spiro atoms. The highest BCUT2D eigenvalue weighted by molar-refractivity contribution is 6.30. The zero-order valence-electron chi connectivity index (χ0n) is 10.4. The summed E-state index contributed by atoms with van der Waals surface area (Å²) in [5, 5.41) is 3.50. The Hall–Kier alpha value is -1.54. The van der Waals surface area contributed by atoms with Crippen molar-refractivity contribution < 1.29 is 4.39 Å². The van der Waals surface area contributed by atoms with E-state index in [1.165, 1.54) is 17.2 Å². The molecule has 0 heterocycles. The van der Waals surface area contributed by atoms with Crippen LogP contribution in [-0.2, 0) is 6.54 Å². The summed E-state index contributed by atoms with van der Waals surface area (Å²) in [6.45, 7) is 4.74. The predicted octanol–water partition coefficient (Wildman–Crippen LogP) is 4.71. The Balaban J connectivity index is 2.11. The van der Waals surface area contributed by atoms with Crippen LogP contribution < -0.4 is 5.32 Å². The molecular weight excluding hydrogens is 249 g/mol. The molecule has 94 valence electrons. The Morgan fingerprint density at radius 3 is 2.61 bits per heavy atom. The second-order valence-corrected chi connectivity index (χ2v) is 4.83. The first-order valence-electron chi connectivity index (χ1n) is 5.81. The molecule has 0 saturated carbocycles. The largest absolute Gasteiger partial charge is 0.381 e. The van der Waals surface area contributed by atoms with Gasteiger partial charge in [-0.3, -0.25) is 0 Å². The first-order chi connectivity index (χ1) is 8.56. The molecule has 0 fully saturated rings. The van der Waals surface area contributed by atoms with Gasteiger partial charge in [0, 0.05) is 12.2 Å². The minimum atomic E-state index is -0.382. The lowest BCUT2D eigenvalue weighted by atomic mass is 10.1. The van der Waals surface area contributed by atoms with Gasteiger partial charge in [-0.2, -0.15) is 0 Å². The van der Waals surface area contributed by atoms with Crippen LogP contribution in [0.1, 0.15) is 16.7 Å². The third kappa shape index (κ3) is 3.02. The van der Waals surface area contributed by atoms with Crippen LogP contribution in [0.15, 0.2) is 36.4 Å². The van der Waals surface area contributed by atoms with Gasteiger partial charge >= 0.3 is 0 Å². The van der Waals surface area contributed by atoms with Crippen LogP contribution >= 0.6 is 11.6 Å². The van der Waals surface area contributed by atoms with Crippen molar-refractivity contribution in [1.29, 1.82) is 0 Å². The van der Waals surface area contributed by atoms with Gasteiger partial charge in [0.2, 0.25) is 0 Å². The van der Waals surface area contributed by atoms with Gasteiger partial charge in [-0.15, -0.1) is 0 Å². The summed E-state index contributed by atoms with van der Waals surface area (Å²) in [4.78, 5) is 0. The topological polar surface area (TPSA) is 12.0 Å². The molecule has 3 heteroatoms. The number of anilines is 1. The van der Waals surface area contributed by atoms with Crippen molar-refractivity contribution >= 4 is 17.3 Å². The number of nitrogens with one attached hydrogen (secondary N) is 1. The van der Waals surface area contributed by atoms with Crippen molar-refractivity contribution in [1.82, 2.24) is 0 Å². The Morgan fingerprint density at radius 2 is 1.89 bits per heavy atom. The number of benzene rings is 2. The highest BCUT2D eigenvalue weighted by Gasteiger charge is 2.02. The molecule has 0 amide bonds. The minimum absolute atomic E-state index is 0.162. The molecule has 2 rings (SSSR count). The highest BCUT2D eigenvalue weighted by Crippen LogP contribution is 2.19. The van der Waals surface area contributed by atoms with Gasteiger partial charge in [0.1, 0.15) is 5.82 Å². The van der Waals surface area contributed by atoms with Crippen LogP contribution in [-0.4, -0.2) is 0 Å². The Bertz CT molecular complexity index is 566. The fourth-order valence-electron chi connectivity index (χ4n) is 1.77. The first-order valence-corrected chi connectivity index (χ1v) is 6.19. The van der Waals surface area contributed by atoms with E-state index in [1.807, 2.05) is 0 Å². The van der Waals surface area contributed by atoms with E-state index in [4.69, 9.17) is 11.6 Å². The van der Waals surface area contributed by atoms with E-state index in [2.05, 4.69) is 37.4 Å². The summed E-state index contributed by atoms with van der Waals surface area (Å²) in [6, 6.07) is 11.0. The van der Waals surface area contributed by atoms with Gasteiger partial charge in [-0.1, -0.05) is 29.8 Å². The monoisotopic (exact) mass is 263 g/mol. The molecule has 0 aromatic heterocycles. The van der Waals surface area contributed by atoms with E-state index in [9.17, 15) is 4.39 Å². The molecular formula is C15H15ClFN. The summed E-state index contributed by atoms with van der Waals surface area (Å²) in [6.07, 6.45) is 0. The van der Waals surface area contributed by atoms with Gasteiger partial charge in [0.05, 0.1) is 5.02 Å². The summed E-state index contributed by atoms with van der Waals surface area (Å²) in [5.41, 5.74) is 4.45. The molecule has 0 atom stereocenters. The van der Waals surface area contributed by atoms with Crippen LogP contribution in [0.4, 0.5) is 10.1 Å².